The monoisotopic (exact) mass is 433 g/mol. The maximum Gasteiger partial charge on any atom is 0.194 e. The fourth-order valence-electron chi connectivity index (χ4n) is 8.59. The molecule has 0 aromatic carbocycles. The molecule has 4 rings (SSSR count). The van der Waals surface area contributed by atoms with Crippen LogP contribution < -0.4 is 5.32 Å². The summed E-state index contributed by atoms with van der Waals surface area (Å²) >= 11 is 0. The molecule has 0 spiro atoms. The third-order valence-corrected chi connectivity index (χ3v) is 16.0. The molecule has 0 radical (unpaired) electrons. The molecule has 3 aliphatic carbocycles. The number of rotatable bonds is 3. The fraction of sp³-hybridized carbons (Fsp3) is 1.00. The van der Waals surface area contributed by atoms with Crippen LogP contribution in [0.5, 0.6) is 0 Å². The Hall–Kier alpha value is 0.137. The molecule has 9 atom stereocenters. The highest BCUT2D eigenvalue weighted by Crippen LogP contribution is 2.67. The van der Waals surface area contributed by atoms with E-state index in [-0.39, 0.29) is 11.3 Å². The minimum absolute atomic E-state index is 0.275. The Bertz CT molecular complexity index is 641. The number of piperidine rings is 1. The number of nitrogens with one attached hydrogen (secondary N) is 1. The summed E-state index contributed by atoms with van der Waals surface area (Å²) in [6, 6.07) is 0.644. The number of hydrogen-bond acceptors (Lipinski definition) is 2. The van der Waals surface area contributed by atoms with Crippen molar-refractivity contribution in [2.75, 3.05) is 0 Å². The minimum Gasteiger partial charge on any atom is -0.402 e. The lowest BCUT2D eigenvalue weighted by Crippen LogP contribution is -2.65. The largest absolute Gasteiger partial charge is 0.402 e. The smallest absolute Gasteiger partial charge is 0.194 e. The highest BCUT2D eigenvalue weighted by atomic mass is 28.4. The van der Waals surface area contributed by atoms with Crippen LogP contribution in [0.2, 0.25) is 18.1 Å². The Morgan fingerprint density at radius 2 is 1.60 bits per heavy atom. The van der Waals surface area contributed by atoms with Crippen LogP contribution in [-0.4, -0.2) is 20.6 Å². The van der Waals surface area contributed by atoms with E-state index in [1.165, 1.54) is 51.4 Å². The van der Waals surface area contributed by atoms with Crippen molar-refractivity contribution >= 4 is 8.32 Å². The first-order valence-corrected chi connectivity index (χ1v) is 16.2. The van der Waals surface area contributed by atoms with Crippen molar-refractivity contribution in [1.82, 2.24) is 5.32 Å². The summed E-state index contributed by atoms with van der Waals surface area (Å²) in [6.07, 6.45) is 11.6. The van der Waals surface area contributed by atoms with Crippen molar-refractivity contribution in [3.05, 3.63) is 0 Å². The average Bonchev–Trinajstić information content (AvgIpc) is 2.98. The third kappa shape index (κ3) is 3.48. The highest BCUT2D eigenvalue weighted by Gasteiger charge is 2.61. The van der Waals surface area contributed by atoms with Gasteiger partial charge in [-0.05, 0) is 103 Å². The zero-order chi connectivity index (χ0) is 22.1. The third-order valence-electron chi connectivity index (χ3n) is 11.5. The summed E-state index contributed by atoms with van der Waals surface area (Å²) in [5, 5.41) is 4.37. The quantitative estimate of drug-likeness (QED) is 0.463. The van der Waals surface area contributed by atoms with E-state index in [0.717, 1.165) is 29.6 Å². The summed E-state index contributed by atoms with van der Waals surface area (Å²) in [5.74, 6) is 4.69. The normalized spacial score (nSPS) is 49.3. The summed E-state index contributed by atoms with van der Waals surface area (Å²) < 4.78 is 6.85. The lowest BCUT2D eigenvalue weighted by Gasteiger charge is -2.63. The second-order valence-electron chi connectivity index (χ2n) is 13.9. The average molecular weight is 434 g/mol. The van der Waals surface area contributed by atoms with Gasteiger partial charge in [-0.15, -0.1) is 0 Å². The van der Waals surface area contributed by atoms with Gasteiger partial charge in [-0.2, -0.15) is 0 Å². The number of fused-ring (bicyclic) bond motifs is 5. The molecule has 0 aromatic rings. The highest BCUT2D eigenvalue weighted by molar-refractivity contribution is 6.74. The summed E-state index contributed by atoms with van der Waals surface area (Å²) in [7, 11) is -1.73. The second-order valence-corrected chi connectivity index (χ2v) is 18.6. The topological polar surface area (TPSA) is 21.3 Å². The molecule has 2 nitrogen and oxygen atoms in total. The van der Waals surface area contributed by atoms with Gasteiger partial charge in [0, 0.05) is 6.04 Å². The predicted molar refractivity (Wildman–Crippen MR) is 131 cm³/mol. The van der Waals surface area contributed by atoms with Crippen molar-refractivity contribution in [2.24, 2.45) is 40.4 Å². The van der Waals surface area contributed by atoms with Crippen LogP contribution in [-0.2, 0) is 4.43 Å². The standard InChI is InChI=1S/C27H51NOSi/c1-10-19-11-12-20-24-18(2)17-22-27(7,21(24)13-15-26(19,20)6)16-14-23(28-22)29-30(8,9)25(3,4)5/h18-24,28H,10-17H2,1-9H3/t18-,19-,20-,21-,22+,23?,24-,26+,27+/m0/s1. The van der Waals surface area contributed by atoms with Crippen LogP contribution in [0.3, 0.4) is 0 Å². The van der Waals surface area contributed by atoms with Gasteiger partial charge in [0.15, 0.2) is 8.32 Å². The first-order chi connectivity index (χ1) is 13.8. The maximum atomic E-state index is 6.85. The SMILES string of the molecule is CC[C@H]1CC[C@H]2[C@@H]3[C@@H](C)C[C@H]4NC(O[Si](C)(C)C(C)(C)C)CC[C@]4(C)[C@H]3CC[C@]12C. The molecule has 0 bridgehead atoms. The van der Waals surface area contributed by atoms with Gasteiger partial charge in [0.1, 0.15) is 0 Å². The van der Waals surface area contributed by atoms with E-state index in [4.69, 9.17) is 4.43 Å². The molecule has 1 saturated heterocycles. The van der Waals surface area contributed by atoms with Crippen LogP contribution >= 0.6 is 0 Å². The minimum atomic E-state index is -1.73. The van der Waals surface area contributed by atoms with Gasteiger partial charge < -0.3 is 4.43 Å². The van der Waals surface area contributed by atoms with Gasteiger partial charge in [0.25, 0.3) is 0 Å². The Kier molecular flexibility index (Phi) is 5.89. The van der Waals surface area contributed by atoms with E-state index < -0.39 is 8.32 Å². The summed E-state index contributed by atoms with van der Waals surface area (Å²) in [4.78, 5) is 0. The van der Waals surface area contributed by atoms with E-state index in [0.29, 0.717) is 16.9 Å². The molecule has 30 heavy (non-hydrogen) atoms. The molecule has 4 fully saturated rings. The molecule has 4 aliphatic rings. The van der Waals surface area contributed by atoms with Crippen LogP contribution in [0.4, 0.5) is 0 Å². The van der Waals surface area contributed by atoms with Crippen molar-refractivity contribution in [3.63, 3.8) is 0 Å². The molecule has 3 saturated carbocycles. The van der Waals surface area contributed by atoms with Gasteiger partial charge in [-0.1, -0.05) is 54.9 Å². The molecule has 3 heteroatoms. The van der Waals surface area contributed by atoms with Crippen LogP contribution in [0.25, 0.3) is 0 Å². The fourth-order valence-corrected chi connectivity index (χ4v) is 9.84. The van der Waals surface area contributed by atoms with Gasteiger partial charge in [0.2, 0.25) is 0 Å². The second kappa shape index (κ2) is 7.59. The van der Waals surface area contributed by atoms with Crippen LogP contribution in [0.1, 0.15) is 99.8 Å². The van der Waals surface area contributed by atoms with Crippen molar-refractivity contribution in [3.8, 4) is 0 Å². The van der Waals surface area contributed by atoms with Gasteiger partial charge >= 0.3 is 0 Å². The first kappa shape index (κ1) is 23.3. The first-order valence-electron chi connectivity index (χ1n) is 13.3. The Morgan fingerprint density at radius 1 is 0.967 bits per heavy atom. The lowest BCUT2D eigenvalue weighted by atomic mass is 9.45. The molecule has 1 N–H and O–H groups in total. The van der Waals surface area contributed by atoms with Crippen LogP contribution in [0, 0.1) is 40.4 Å². The summed E-state index contributed by atoms with van der Waals surface area (Å²) in [5.41, 5.74) is 1.10. The molecule has 174 valence electrons. The van der Waals surface area contributed by atoms with Crippen molar-refractivity contribution in [1.29, 1.82) is 0 Å². The Balaban J connectivity index is 1.52. The molecule has 0 aromatic heterocycles. The predicted octanol–water partition coefficient (Wildman–Crippen LogP) is 7.60. The van der Waals surface area contributed by atoms with E-state index in [1.54, 1.807) is 0 Å². The molecule has 0 amide bonds. The maximum absolute atomic E-state index is 6.85. The van der Waals surface area contributed by atoms with E-state index >= 15 is 0 Å². The number of hydrogen-bond donors (Lipinski definition) is 1. The van der Waals surface area contributed by atoms with E-state index in [1.807, 2.05) is 0 Å². The van der Waals surface area contributed by atoms with Crippen molar-refractivity contribution in [2.45, 2.75) is 130 Å². The zero-order valence-corrected chi connectivity index (χ0v) is 22.6. The van der Waals surface area contributed by atoms with Gasteiger partial charge in [-0.3, -0.25) is 5.32 Å². The Labute approximate surface area is 188 Å². The van der Waals surface area contributed by atoms with Crippen LogP contribution in [0.15, 0.2) is 0 Å². The summed E-state index contributed by atoms with van der Waals surface area (Å²) in [6.45, 7) is 22.3. The zero-order valence-electron chi connectivity index (χ0n) is 21.6. The Morgan fingerprint density at radius 3 is 2.23 bits per heavy atom. The molecular weight excluding hydrogens is 382 g/mol. The van der Waals surface area contributed by atoms with E-state index in [9.17, 15) is 0 Å². The van der Waals surface area contributed by atoms with E-state index in [2.05, 4.69) is 66.9 Å². The van der Waals surface area contributed by atoms with Crippen molar-refractivity contribution < 1.29 is 4.43 Å². The molecule has 1 aliphatic heterocycles. The molecular formula is C27H51NOSi. The molecule has 1 heterocycles. The lowest BCUT2D eigenvalue weighted by molar-refractivity contribution is -0.134. The van der Waals surface area contributed by atoms with Gasteiger partial charge in [-0.25, -0.2) is 0 Å². The van der Waals surface area contributed by atoms with Gasteiger partial charge in [0.05, 0.1) is 6.23 Å². The molecule has 1 unspecified atom stereocenters.